The lowest BCUT2D eigenvalue weighted by Gasteiger charge is -2.26. The van der Waals surface area contributed by atoms with Crippen LogP contribution in [0.4, 0.5) is 0 Å². The lowest BCUT2D eigenvalue weighted by Crippen LogP contribution is -2.25. The van der Waals surface area contributed by atoms with Crippen LogP contribution < -0.4 is 5.32 Å². The van der Waals surface area contributed by atoms with Gasteiger partial charge >= 0.3 is 0 Å². The molecule has 1 N–H and O–H groups in total. The monoisotopic (exact) mass is 790 g/mol. The first-order valence-electron chi connectivity index (χ1n) is 21.3. The molecule has 1 unspecified atom stereocenters. The molecule has 0 bridgehead atoms. The highest BCUT2D eigenvalue weighted by Gasteiger charge is 2.25. The molecule has 0 aliphatic carbocycles. The molecule has 0 spiro atoms. The summed E-state index contributed by atoms with van der Waals surface area (Å²) in [4.78, 5) is 5.44. The summed E-state index contributed by atoms with van der Waals surface area (Å²) in [6.07, 6.45) is 1.88. The Labute approximate surface area is 357 Å². The molecular weight excluding hydrogens is 753 g/mol. The molecule has 1 atom stereocenters. The average Bonchev–Trinajstić information content (AvgIpc) is 3.85. The zero-order valence-electron chi connectivity index (χ0n) is 33.7. The van der Waals surface area contributed by atoms with E-state index < -0.39 is 0 Å². The first-order chi connectivity index (χ1) is 30.7. The van der Waals surface area contributed by atoms with Crippen LogP contribution in [-0.4, -0.2) is 14.8 Å². The predicted octanol–water partition coefficient (Wildman–Crippen LogP) is 14.5. The number of fused-ring (bicyclic) bond motifs is 10. The molecular formula is C58H38N4. The third-order valence-electron chi connectivity index (χ3n) is 12.9. The Kier molecular flexibility index (Phi) is 7.63. The summed E-state index contributed by atoms with van der Waals surface area (Å²) < 4.78 is 4.92. The number of hydrogen-bond acceptors (Lipinski definition) is 2. The smallest absolute Gasteiger partial charge is 0.146 e. The number of nitrogens with one attached hydrogen (secondary N) is 1. The number of rotatable bonds is 5. The number of nitrogens with zero attached hydrogens (tertiary/aromatic N) is 3. The van der Waals surface area contributed by atoms with Crippen molar-refractivity contribution >= 4 is 87.3 Å². The molecule has 2 aromatic heterocycles. The van der Waals surface area contributed by atoms with Gasteiger partial charge in [-0.05, 0) is 92.7 Å². The molecule has 13 rings (SSSR count). The zero-order valence-corrected chi connectivity index (χ0v) is 33.7. The molecule has 290 valence electrons. The van der Waals surface area contributed by atoms with Crippen molar-refractivity contribution < 1.29 is 0 Å². The van der Waals surface area contributed by atoms with Gasteiger partial charge in [0.15, 0.2) is 0 Å². The van der Waals surface area contributed by atoms with E-state index in [0.717, 1.165) is 44.9 Å². The van der Waals surface area contributed by atoms with Crippen LogP contribution in [0.15, 0.2) is 223 Å². The lowest BCUT2D eigenvalue weighted by molar-refractivity contribution is 0.669. The summed E-state index contributed by atoms with van der Waals surface area (Å²) >= 11 is 0. The van der Waals surface area contributed by atoms with Gasteiger partial charge in [0.2, 0.25) is 0 Å². The van der Waals surface area contributed by atoms with Gasteiger partial charge in [0.05, 0.1) is 33.5 Å². The van der Waals surface area contributed by atoms with E-state index in [2.05, 4.69) is 233 Å². The van der Waals surface area contributed by atoms with Crippen LogP contribution >= 0.6 is 0 Å². The third-order valence-corrected chi connectivity index (χ3v) is 12.9. The normalized spacial score (nSPS) is 14.3. The van der Waals surface area contributed by atoms with Gasteiger partial charge < -0.3 is 14.5 Å². The second-order valence-electron chi connectivity index (χ2n) is 16.4. The van der Waals surface area contributed by atoms with Crippen LogP contribution in [0, 0.1) is 0 Å². The number of allylic oxidation sites excluding steroid dienone is 1. The van der Waals surface area contributed by atoms with Crippen molar-refractivity contribution in [2.45, 2.75) is 6.17 Å². The van der Waals surface area contributed by atoms with Crippen LogP contribution in [0.5, 0.6) is 0 Å². The zero-order chi connectivity index (χ0) is 40.7. The largest absolute Gasteiger partial charge is 0.359 e. The third kappa shape index (κ3) is 5.30. The Balaban J connectivity index is 1.04. The minimum absolute atomic E-state index is 0.315. The topological polar surface area (TPSA) is 34.2 Å². The minimum Gasteiger partial charge on any atom is -0.359 e. The summed E-state index contributed by atoms with van der Waals surface area (Å²) in [5.74, 6) is 0. The maximum Gasteiger partial charge on any atom is 0.146 e. The fourth-order valence-corrected chi connectivity index (χ4v) is 10.1. The fraction of sp³-hybridized carbons (Fsp3) is 0.0172. The molecule has 0 saturated heterocycles. The van der Waals surface area contributed by atoms with E-state index in [1.165, 1.54) is 70.5 Å². The lowest BCUT2D eigenvalue weighted by atomic mass is 9.97. The van der Waals surface area contributed by atoms with E-state index in [4.69, 9.17) is 4.99 Å². The second-order valence-corrected chi connectivity index (χ2v) is 16.4. The quantitative estimate of drug-likeness (QED) is 0.185. The fourth-order valence-electron chi connectivity index (χ4n) is 10.1. The molecule has 4 heteroatoms. The van der Waals surface area contributed by atoms with E-state index in [9.17, 15) is 0 Å². The molecule has 4 nitrogen and oxygen atoms in total. The first kappa shape index (κ1) is 34.6. The number of para-hydroxylation sites is 2. The Morgan fingerprint density at radius 1 is 0.387 bits per heavy atom. The summed E-state index contributed by atoms with van der Waals surface area (Å²) in [5.41, 5.74) is 12.4. The van der Waals surface area contributed by atoms with Crippen LogP contribution in [0.1, 0.15) is 22.9 Å². The highest BCUT2D eigenvalue weighted by Crippen LogP contribution is 2.43. The maximum absolute atomic E-state index is 5.44. The molecule has 0 radical (unpaired) electrons. The van der Waals surface area contributed by atoms with Gasteiger partial charge in [-0.15, -0.1) is 0 Å². The van der Waals surface area contributed by atoms with Crippen LogP contribution in [0.2, 0.25) is 0 Å². The summed E-state index contributed by atoms with van der Waals surface area (Å²) in [6, 6.07) is 77.0. The van der Waals surface area contributed by atoms with Crippen molar-refractivity contribution in [3.05, 3.63) is 235 Å². The molecule has 62 heavy (non-hydrogen) atoms. The molecule has 0 fully saturated rings. The second kappa shape index (κ2) is 13.7. The van der Waals surface area contributed by atoms with Crippen LogP contribution in [-0.2, 0) is 0 Å². The van der Waals surface area contributed by atoms with Gasteiger partial charge in [0.1, 0.15) is 6.17 Å². The SMILES string of the molecule is C1=C(c2ccc3ccccc3c2)NC(c2ccc(-n3c4ccccc4c4cc5c6c7ccccc7ccc6n(-c6ccccc6)c5cc43)c3ccccc23)N=C1c1ccccc1. The average molecular weight is 791 g/mol. The van der Waals surface area contributed by atoms with Crippen molar-refractivity contribution in [1.29, 1.82) is 0 Å². The van der Waals surface area contributed by atoms with Gasteiger partial charge in [-0.1, -0.05) is 164 Å². The summed E-state index contributed by atoms with van der Waals surface area (Å²) in [6.45, 7) is 0. The number of aliphatic imine (C=N–C) groups is 1. The standard InChI is InChI=1S/C58H38N4/c1-3-17-39(18-4-1)50-35-51(41-28-27-37-15-7-8-19-40(37)33-41)60-58(59-50)47-30-32-53(45-24-12-11-23-44(45)47)62-52-26-14-13-25-46(52)48-34-49-56(36-55(48)62)61(42-20-5-2-6-21-42)54-31-29-38-16-9-10-22-43(38)57(49)54/h1-36,58,60H. The van der Waals surface area contributed by atoms with Gasteiger partial charge in [-0.25, -0.2) is 0 Å². The predicted molar refractivity (Wildman–Crippen MR) is 261 cm³/mol. The van der Waals surface area contributed by atoms with Crippen molar-refractivity contribution in [2.75, 3.05) is 0 Å². The van der Waals surface area contributed by atoms with E-state index in [0.29, 0.717) is 0 Å². The van der Waals surface area contributed by atoms with Crippen LogP contribution in [0.3, 0.4) is 0 Å². The number of benzene rings is 10. The van der Waals surface area contributed by atoms with E-state index in [1.54, 1.807) is 0 Å². The Morgan fingerprint density at radius 2 is 1.05 bits per heavy atom. The Morgan fingerprint density at radius 3 is 1.89 bits per heavy atom. The van der Waals surface area contributed by atoms with E-state index in [1.807, 2.05) is 0 Å². The minimum atomic E-state index is -0.315. The highest BCUT2D eigenvalue weighted by molar-refractivity contribution is 6.25. The summed E-state index contributed by atoms with van der Waals surface area (Å²) in [5, 5.41) is 16.2. The Hall–Kier alpha value is -8.21. The molecule has 1 aliphatic heterocycles. The molecule has 12 aromatic rings. The van der Waals surface area contributed by atoms with Crippen molar-refractivity contribution in [1.82, 2.24) is 14.5 Å². The van der Waals surface area contributed by atoms with Crippen molar-refractivity contribution in [3.8, 4) is 11.4 Å². The molecule has 0 saturated carbocycles. The van der Waals surface area contributed by atoms with Gasteiger partial charge in [0, 0.05) is 43.9 Å². The Bertz CT molecular complexity index is 3830. The first-order valence-corrected chi connectivity index (χ1v) is 21.3. The van der Waals surface area contributed by atoms with Gasteiger partial charge in [-0.2, -0.15) is 0 Å². The van der Waals surface area contributed by atoms with Gasteiger partial charge in [-0.3, -0.25) is 4.99 Å². The molecule has 10 aromatic carbocycles. The number of hydrogen-bond donors (Lipinski definition) is 1. The molecule has 1 aliphatic rings. The molecule has 0 amide bonds. The number of aromatic nitrogens is 2. The highest BCUT2D eigenvalue weighted by atomic mass is 15.1. The van der Waals surface area contributed by atoms with E-state index in [-0.39, 0.29) is 6.17 Å². The molecule has 3 heterocycles. The summed E-state index contributed by atoms with van der Waals surface area (Å²) in [7, 11) is 0. The van der Waals surface area contributed by atoms with Crippen molar-refractivity contribution in [2.24, 2.45) is 4.99 Å². The van der Waals surface area contributed by atoms with Crippen molar-refractivity contribution in [3.63, 3.8) is 0 Å². The van der Waals surface area contributed by atoms with E-state index >= 15 is 0 Å². The maximum atomic E-state index is 5.44. The van der Waals surface area contributed by atoms with Gasteiger partial charge in [0.25, 0.3) is 0 Å². The van der Waals surface area contributed by atoms with Crippen LogP contribution in [0.25, 0.3) is 93.0 Å².